The van der Waals surface area contributed by atoms with Crippen molar-refractivity contribution in [2.24, 2.45) is 17.8 Å². The van der Waals surface area contributed by atoms with Crippen LogP contribution in [0.5, 0.6) is 0 Å². The lowest BCUT2D eigenvalue weighted by Crippen LogP contribution is -2.47. The largest absolute Gasteiger partial charge is 0.469 e. The lowest BCUT2D eigenvalue weighted by molar-refractivity contribution is -0.148. The molecule has 0 spiro atoms. The molecule has 1 heterocycles. The van der Waals surface area contributed by atoms with Crippen LogP contribution in [-0.4, -0.2) is 35.0 Å². The van der Waals surface area contributed by atoms with E-state index in [0.717, 1.165) is 36.1 Å². The Morgan fingerprint density at radius 2 is 2.08 bits per heavy atom. The Hall–Kier alpha value is -2.37. The number of carbonyl (C=O) groups excluding carboxylic acids is 2. The number of methoxy groups -OCH3 is 1. The average Bonchev–Trinajstić information content (AvgIpc) is 3.33. The van der Waals surface area contributed by atoms with Gasteiger partial charge in [0.05, 0.1) is 24.1 Å². The van der Waals surface area contributed by atoms with Crippen molar-refractivity contribution in [3.05, 3.63) is 30.1 Å². The van der Waals surface area contributed by atoms with E-state index in [1.807, 2.05) is 24.3 Å². The van der Waals surface area contributed by atoms with Gasteiger partial charge in [0.25, 0.3) is 0 Å². The summed E-state index contributed by atoms with van der Waals surface area (Å²) in [5.41, 5.74) is 1.90. The number of H-pyrrole nitrogens is 1. The molecule has 2 aliphatic carbocycles. The summed E-state index contributed by atoms with van der Waals surface area (Å²) in [5, 5.41) is 3.10. The lowest BCUT2D eigenvalue weighted by Gasteiger charge is -2.29. The number of fused-ring (bicyclic) bond motifs is 3. The number of hydrogen-bond acceptors (Lipinski definition) is 4. The lowest BCUT2D eigenvalue weighted by atomic mass is 9.84. The van der Waals surface area contributed by atoms with Gasteiger partial charge in [-0.05, 0) is 43.2 Å². The van der Waals surface area contributed by atoms with Crippen molar-refractivity contribution in [3.8, 4) is 0 Å². The summed E-state index contributed by atoms with van der Waals surface area (Å²) in [6, 6.07) is 7.75. The Morgan fingerprint density at radius 1 is 1.28 bits per heavy atom. The van der Waals surface area contributed by atoms with Gasteiger partial charge >= 0.3 is 5.97 Å². The van der Waals surface area contributed by atoms with Gasteiger partial charge in [0.2, 0.25) is 5.91 Å². The first-order valence-electron chi connectivity index (χ1n) is 8.96. The molecule has 132 valence electrons. The molecule has 2 fully saturated rings. The van der Waals surface area contributed by atoms with Crippen LogP contribution in [0, 0.1) is 17.8 Å². The topological polar surface area (TPSA) is 84.1 Å². The summed E-state index contributed by atoms with van der Waals surface area (Å²) in [4.78, 5) is 32.2. The quantitative estimate of drug-likeness (QED) is 0.817. The number of para-hydroxylation sites is 2. The van der Waals surface area contributed by atoms with E-state index in [-0.39, 0.29) is 23.8 Å². The van der Waals surface area contributed by atoms with Crippen LogP contribution in [0.4, 0.5) is 0 Å². The van der Waals surface area contributed by atoms with Gasteiger partial charge in [-0.2, -0.15) is 0 Å². The molecule has 25 heavy (non-hydrogen) atoms. The molecule has 4 rings (SSSR count). The number of carbonyl (C=O) groups is 2. The monoisotopic (exact) mass is 341 g/mol. The van der Waals surface area contributed by atoms with Gasteiger partial charge in [0, 0.05) is 18.9 Å². The number of aromatic nitrogens is 2. The number of nitrogens with zero attached hydrogens (tertiary/aromatic N) is 1. The first-order chi connectivity index (χ1) is 12.2. The molecule has 2 aliphatic rings. The molecule has 2 bridgehead atoms. The molecule has 6 nitrogen and oxygen atoms in total. The highest BCUT2D eigenvalue weighted by atomic mass is 16.5. The van der Waals surface area contributed by atoms with Crippen LogP contribution in [0.1, 0.15) is 31.5 Å². The second-order valence-electron chi connectivity index (χ2n) is 7.18. The van der Waals surface area contributed by atoms with Crippen LogP contribution in [0.3, 0.4) is 0 Å². The Morgan fingerprint density at radius 3 is 2.88 bits per heavy atom. The van der Waals surface area contributed by atoms with E-state index in [9.17, 15) is 9.59 Å². The summed E-state index contributed by atoms with van der Waals surface area (Å²) in [6.45, 7) is 0. The third-order valence-electron chi connectivity index (χ3n) is 5.74. The minimum absolute atomic E-state index is 0.0214. The van der Waals surface area contributed by atoms with Crippen LogP contribution < -0.4 is 5.32 Å². The number of hydrogen-bond donors (Lipinski definition) is 2. The zero-order valence-electron chi connectivity index (χ0n) is 14.3. The summed E-state index contributed by atoms with van der Waals surface area (Å²) in [5.74, 6) is 1.19. The molecule has 4 atom stereocenters. The predicted octanol–water partition coefficient (Wildman–Crippen LogP) is 2.20. The van der Waals surface area contributed by atoms with Crippen molar-refractivity contribution in [1.82, 2.24) is 15.3 Å². The van der Waals surface area contributed by atoms with Gasteiger partial charge in [-0.25, -0.2) is 4.98 Å². The van der Waals surface area contributed by atoms with Gasteiger partial charge in [-0.15, -0.1) is 0 Å². The molecule has 0 saturated heterocycles. The van der Waals surface area contributed by atoms with Crippen LogP contribution in [0.2, 0.25) is 0 Å². The molecule has 2 N–H and O–H groups in total. The van der Waals surface area contributed by atoms with E-state index >= 15 is 0 Å². The van der Waals surface area contributed by atoms with Crippen LogP contribution in [0.25, 0.3) is 11.0 Å². The van der Waals surface area contributed by atoms with Gasteiger partial charge in [0.15, 0.2) is 0 Å². The summed E-state index contributed by atoms with van der Waals surface area (Å²) < 4.78 is 4.96. The van der Waals surface area contributed by atoms with Crippen molar-refractivity contribution < 1.29 is 14.3 Å². The van der Waals surface area contributed by atoms with Crippen molar-refractivity contribution in [1.29, 1.82) is 0 Å². The number of ether oxygens (including phenoxy) is 1. The molecular formula is C19H23N3O3. The maximum atomic E-state index is 12.4. The zero-order valence-corrected chi connectivity index (χ0v) is 14.3. The standard InChI is InChI=1S/C19H23N3O3/c1-25-19(24)17-11-6-7-12(10-11)18(17)22-16(23)9-8-15-20-13-4-2-3-5-14(13)21-15/h2-5,11-12,17-18H,6-10H2,1H3,(H,20,21)(H,22,23)/t11-,12-,17+,18-/m0/s1. The number of aromatic amines is 1. The molecule has 0 radical (unpaired) electrons. The van der Waals surface area contributed by atoms with Crippen molar-refractivity contribution in [2.45, 2.75) is 38.1 Å². The number of esters is 1. The van der Waals surface area contributed by atoms with E-state index in [1.165, 1.54) is 7.11 Å². The van der Waals surface area contributed by atoms with Gasteiger partial charge in [0.1, 0.15) is 5.82 Å². The maximum absolute atomic E-state index is 12.4. The Bertz CT molecular complexity index is 767. The molecule has 2 saturated carbocycles. The highest BCUT2D eigenvalue weighted by Gasteiger charge is 2.51. The fraction of sp³-hybridized carbons (Fsp3) is 0.526. The molecule has 0 aliphatic heterocycles. The van der Waals surface area contributed by atoms with Crippen LogP contribution in [0.15, 0.2) is 24.3 Å². The molecule has 1 aromatic carbocycles. The number of aryl methyl sites for hydroxylation is 1. The second kappa shape index (κ2) is 6.50. The van der Waals surface area contributed by atoms with Gasteiger partial charge in [-0.1, -0.05) is 12.1 Å². The number of benzene rings is 1. The number of nitrogens with one attached hydrogen (secondary N) is 2. The molecule has 1 aromatic heterocycles. The fourth-order valence-electron chi connectivity index (χ4n) is 4.59. The van der Waals surface area contributed by atoms with Crippen LogP contribution >= 0.6 is 0 Å². The highest BCUT2D eigenvalue weighted by Crippen LogP contribution is 2.48. The van der Waals surface area contributed by atoms with E-state index in [1.54, 1.807) is 0 Å². The zero-order chi connectivity index (χ0) is 17.4. The van der Waals surface area contributed by atoms with E-state index in [0.29, 0.717) is 24.7 Å². The molecular weight excluding hydrogens is 318 g/mol. The summed E-state index contributed by atoms with van der Waals surface area (Å²) >= 11 is 0. The van der Waals surface area contributed by atoms with Gasteiger partial charge in [-0.3, -0.25) is 9.59 Å². The Labute approximate surface area is 146 Å². The SMILES string of the molecule is COC(=O)[C@@H]1[C@H]2CC[C@@H](C2)[C@@H]1NC(=O)CCc1nc2ccccc2[nH]1. The van der Waals surface area contributed by atoms with Crippen LogP contribution in [-0.2, 0) is 20.7 Å². The third kappa shape index (κ3) is 3.01. The van der Waals surface area contributed by atoms with Crippen molar-refractivity contribution >= 4 is 22.9 Å². The molecule has 1 amide bonds. The average molecular weight is 341 g/mol. The number of amides is 1. The number of rotatable bonds is 5. The van der Waals surface area contributed by atoms with E-state index < -0.39 is 0 Å². The van der Waals surface area contributed by atoms with E-state index in [2.05, 4.69) is 15.3 Å². The predicted molar refractivity (Wildman–Crippen MR) is 92.7 cm³/mol. The smallest absolute Gasteiger partial charge is 0.311 e. The highest BCUT2D eigenvalue weighted by molar-refractivity contribution is 5.80. The normalized spacial score (nSPS) is 27.6. The molecule has 2 aromatic rings. The first-order valence-corrected chi connectivity index (χ1v) is 8.96. The summed E-state index contributed by atoms with van der Waals surface area (Å²) in [7, 11) is 1.43. The Kier molecular flexibility index (Phi) is 4.19. The van der Waals surface area contributed by atoms with E-state index in [4.69, 9.17) is 4.74 Å². The minimum Gasteiger partial charge on any atom is -0.469 e. The van der Waals surface area contributed by atoms with Crippen molar-refractivity contribution in [2.75, 3.05) is 7.11 Å². The summed E-state index contributed by atoms with van der Waals surface area (Å²) in [6.07, 6.45) is 4.10. The maximum Gasteiger partial charge on any atom is 0.311 e. The van der Waals surface area contributed by atoms with Gasteiger partial charge < -0.3 is 15.0 Å². The molecule has 0 unspecified atom stereocenters. The first kappa shape index (κ1) is 16.1. The minimum atomic E-state index is -0.185. The molecule has 6 heteroatoms. The second-order valence-corrected chi connectivity index (χ2v) is 7.18. The van der Waals surface area contributed by atoms with Crippen molar-refractivity contribution in [3.63, 3.8) is 0 Å². The third-order valence-corrected chi connectivity index (χ3v) is 5.74. The fourth-order valence-corrected chi connectivity index (χ4v) is 4.59. The number of imidazole rings is 1. The Balaban J connectivity index is 1.37.